The minimum Gasteiger partial charge on any atom is -0.375 e. The Hall–Kier alpha value is -0.210. The van der Waals surface area contributed by atoms with Crippen LogP contribution >= 0.6 is 22.9 Å². The summed E-state index contributed by atoms with van der Waals surface area (Å²) in [6.45, 7) is 4.85. The lowest BCUT2D eigenvalue weighted by Gasteiger charge is -2.31. The van der Waals surface area contributed by atoms with Crippen LogP contribution in [0.5, 0.6) is 0 Å². The van der Waals surface area contributed by atoms with Gasteiger partial charge in [-0.3, -0.25) is 0 Å². The number of hydrogen-bond acceptors (Lipinski definition) is 5. The van der Waals surface area contributed by atoms with E-state index in [0.717, 1.165) is 17.8 Å². The van der Waals surface area contributed by atoms with Crippen molar-refractivity contribution >= 4 is 33.0 Å². The summed E-state index contributed by atoms with van der Waals surface area (Å²) in [5.41, 5.74) is 0.463. The number of aromatic nitrogens is 1. The fraction of sp³-hybridized carbons (Fsp3) is 0.700. The maximum Gasteiger partial charge on any atom is 0.254 e. The third-order valence-electron chi connectivity index (χ3n) is 2.86. The molecule has 2 rings (SSSR count). The van der Waals surface area contributed by atoms with Gasteiger partial charge >= 0.3 is 0 Å². The van der Waals surface area contributed by atoms with Crippen LogP contribution in [0.4, 0.5) is 0 Å². The summed E-state index contributed by atoms with van der Waals surface area (Å²) in [6, 6.07) is 0. The van der Waals surface area contributed by atoms with Crippen LogP contribution in [0.3, 0.4) is 0 Å². The van der Waals surface area contributed by atoms with Crippen LogP contribution in [0.15, 0.2) is 4.21 Å². The Kier molecular flexibility index (Phi) is 4.28. The second-order valence-electron chi connectivity index (χ2n) is 4.10. The molecule has 1 aliphatic heterocycles. The number of morpholine rings is 1. The molecule has 1 saturated heterocycles. The highest BCUT2D eigenvalue weighted by atomic mass is 35.5. The summed E-state index contributed by atoms with van der Waals surface area (Å²) >= 11 is 6.77. The Morgan fingerprint density at radius 1 is 1.61 bits per heavy atom. The lowest BCUT2D eigenvalue weighted by Crippen LogP contribution is -2.45. The van der Waals surface area contributed by atoms with Crippen LogP contribution in [0.25, 0.3) is 0 Å². The molecule has 0 aromatic carbocycles. The largest absolute Gasteiger partial charge is 0.375 e. The lowest BCUT2D eigenvalue weighted by molar-refractivity contribution is -0.00273. The van der Waals surface area contributed by atoms with Crippen molar-refractivity contribution in [3.05, 3.63) is 10.2 Å². The van der Waals surface area contributed by atoms with Gasteiger partial charge in [0.25, 0.3) is 10.0 Å². The van der Waals surface area contributed by atoms with Crippen molar-refractivity contribution in [2.24, 2.45) is 0 Å². The first-order valence-electron chi connectivity index (χ1n) is 5.69. The van der Waals surface area contributed by atoms with Gasteiger partial charge in [0.15, 0.2) is 8.68 Å². The molecule has 18 heavy (non-hydrogen) atoms. The topological polar surface area (TPSA) is 59.5 Å². The number of rotatable bonds is 3. The zero-order chi connectivity index (χ0) is 13.3. The number of sulfonamides is 1. The minimum absolute atomic E-state index is 0.0303. The highest BCUT2D eigenvalue weighted by Crippen LogP contribution is 2.30. The highest BCUT2D eigenvalue weighted by Gasteiger charge is 2.33. The summed E-state index contributed by atoms with van der Waals surface area (Å²) in [5, 5.41) is 0. The maximum atomic E-state index is 12.5. The second-order valence-corrected chi connectivity index (χ2v) is 7.82. The predicted octanol–water partition coefficient (Wildman–Crippen LogP) is 1.90. The Balaban J connectivity index is 2.28. The third-order valence-corrected chi connectivity index (χ3v) is 6.57. The van der Waals surface area contributed by atoms with Gasteiger partial charge in [-0.15, -0.1) is 0 Å². The van der Waals surface area contributed by atoms with Gasteiger partial charge in [0.05, 0.1) is 18.4 Å². The monoisotopic (exact) mass is 310 g/mol. The molecule has 0 N–H and O–H groups in total. The van der Waals surface area contributed by atoms with Crippen molar-refractivity contribution < 1.29 is 13.2 Å². The van der Waals surface area contributed by atoms with Crippen LogP contribution in [0.1, 0.15) is 19.0 Å². The van der Waals surface area contributed by atoms with Crippen molar-refractivity contribution in [2.45, 2.75) is 30.6 Å². The van der Waals surface area contributed by atoms with Crippen molar-refractivity contribution in [2.75, 3.05) is 19.7 Å². The van der Waals surface area contributed by atoms with E-state index in [1.807, 2.05) is 6.92 Å². The molecule has 0 radical (unpaired) electrons. The first-order chi connectivity index (χ1) is 8.45. The van der Waals surface area contributed by atoms with E-state index in [9.17, 15) is 8.42 Å². The van der Waals surface area contributed by atoms with E-state index in [1.54, 1.807) is 6.92 Å². The van der Waals surface area contributed by atoms with E-state index >= 15 is 0 Å². The van der Waals surface area contributed by atoms with Gasteiger partial charge < -0.3 is 4.74 Å². The van der Waals surface area contributed by atoms with E-state index < -0.39 is 10.0 Å². The van der Waals surface area contributed by atoms with Crippen LogP contribution in [-0.4, -0.2) is 43.5 Å². The van der Waals surface area contributed by atoms with E-state index in [-0.39, 0.29) is 14.8 Å². The van der Waals surface area contributed by atoms with E-state index in [4.69, 9.17) is 16.3 Å². The molecule has 8 heteroatoms. The normalized spacial score (nSPS) is 22.3. The molecule has 1 aromatic heterocycles. The molecule has 0 aliphatic carbocycles. The van der Waals surface area contributed by atoms with Crippen molar-refractivity contribution in [1.82, 2.24) is 9.29 Å². The number of nitrogens with zero attached hydrogens (tertiary/aromatic N) is 2. The summed E-state index contributed by atoms with van der Waals surface area (Å²) in [5.74, 6) is 0. The minimum atomic E-state index is -3.49. The number of hydrogen-bond donors (Lipinski definition) is 0. The Labute approximate surface area is 116 Å². The van der Waals surface area contributed by atoms with Gasteiger partial charge in [0.2, 0.25) is 0 Å². The van der Waals surface area contributed by atoms with Crippen LogP contribution in [0.2, 0.25) is 4.47 Å². The fourth-order valence-corrected chi connectivity index (χ4v) is 5.19. The molecule has 5 nitrogen and oxygen atoms in total. The number of ether oxygens (including phenoxy) is 1. The quantitative estimate of drug-likeness (QED) is 0.855. The molecule has 1 aromatic rings. The second kappa shape index (κ2) is 5.42. The molecule has 2 heterocycles. The summed E-state index contributed by atoms with van der Waals surface area (Å²) in [4.78, 5) is 3.96. The van der Waals surface area contributed by atoms with Gasteiger partial charge in [-0.1, -0.05) is 29.9 Å². The predicted molar refractivity (Wildman–Crippen MR) is 70.7 cm³/mol. The SMILES string of the molecule is CCC1CN(S(=O)(=O)c2sc(Cl)nc2C)CCO1. The Morgan fingerprint density at radius 3 is 2.89 bits per heavy atom. The number of aryl methyl sites for hydroxylation is 1. The Bertz CT molecular complexity index is 529. The molecular formula is C10H15ClN2O3S2. The number of thiazole rings is 1. The molecule has 1 fully saturated rings. The van der Waals surface area contributed by atoms with Crippen LogP contribution in [0, 0.1) is 6.92 Å². The zero-order valence-corrected chi connectivity index (χ0v) is 12.6. The van der Waals surface area contributed by atoms with Gasteiger partial charge in [-0.25, -0.2) is 13.4 Å². The van der Waals surface area contributed by atoms with E-state index in [1.165, 1.54) is 4.31 Å². The van der Waals surface area contributed by atoms with E-state index in [2.05, 4.69) is 4.98 Å². The average Bonchev–Trinajstić information content (AvgIpc) is 2.69. The first-order valence-corrected chi connectivity index (χ1v) is 8.33. The molecule has 102 valence electrons. The number of halogens is 1. The van der Waals surface area contributed by atoms with Gasteiger partial charge in [-0.05, 0) is 13.3 Å². The summed E-state index contributed by atoms with van der Waals surface area (Å²) in [6.07, 6.45) is 0.770. The third kappa shape index (κ3) is 2.70. The maximum absolute atomic E-state index is 12.5. The summed E-state index contributed by atoms with van der Waals surface area (Å²) < 4.78 is 32.4. The van der Waals surface area contributed by atoms with Gasteiger partial charge in [-0.2, -0.15) is 4.31 Å². The average molecular weight is 311 g/mol. The molecule has 0 amide bonds. The molecule has 0 saturated carbocycles. The Morgan fingerprint density at radius 2 is 2.33 bits per heavy atom. The van der Waals surface area contributed by atoms with Gasteiger partial charge in [0.1, 0.15) is 0 Å². The van der Waals surface area contributed by atoms with Crippen LogP contribution in [-0.2, 0) is 14.8 Å². The fourth-order valence-electron chi connectivity index (χ4n) is 1.86. The molecule has 0 bridgehead atoms. The molecular weight excluding hydrogens is 296 g/mol. The van der Waals surface area contributed by atoms with Crippen molar-refractivity contribution in [1.29, 1.82) is 0 Å². The summed E-state index contributed by atoms with van der Waals surface area (Å²) in [7, 11) is -3.49. The highest BCUT2D eigenvalue weighted by molar-refractivity contribution is 7.91. The molecule has 1 atom stereocenters. The smallest absolute Gasteiger partial charge is 0.254 e. The standard InChI is InChI=1S/C10H15ClN2O3S2/c1-3-8-6-13(4-5-16-8)18(14,15)9-7(2)12-10(11)17-9/h8H,3-6H2,1-2H3. The molecule has 0 spiro atoms. The first kappa shape index (κ1) is 14.2. The van der Waals surface area contributed by atoms with Crippen molar-refractivity contribution in [3.63, 3.8) is 0 Å². The molecule has 1 unspecified atom stereocenters. The van der Waals surface area contributed by atoms with Crippen molar-refractivity contribution in [3.8, 4) is 0 Å². The van der Waals surface area contributed by atoms with E-state index in [0.29, 0.717) is 25.4 Å². The molecule has 1 aliphatic rings. The van der Waals surface area contributed by atoms with Crippen LogP contribution < -0.4 is 0 Å². The lowest BCUT2D eigenvalue weighted by atomic mass is 10.2. The zero-order valence-electron chi connectivity index (χ0n) is 10.2. The van der Waals surface area contributed by atoms with Gasteiger partial charge in [0, 0.05) is 13.1 Å².